The Morgan fingerprint density at radius 2 is 1.75 bits per heavy atom. The molecule has 1 fully saturated rings. The van der Waals surface area contributed by atoms with Gasteiger partial charge in [-0.2, -0.15) is 0 Å². The third kappa shape index (κ3) is 4.47. The van der Waals surface area contributed by atoms with Crippen LogP contribution in [0.2, 0.25) is 0 Å². The fourth-order valence-electron chi connectivity index (χ4n) is 2.62. The summed E-state index contributed by atoms with van der Waals surface area (Å²) in [5, 5.41) is 2.77. The Hall–Kier alpha value is -2.09. The fourth-order valence-corrected chi connectivity index (χ4v) is 3.59. The molecule has 1 saturated heterocycles. The maximum atomic E-state index is 12.2. The molecule has 3 amide bonds. The summed E-state index contributed by atoms with van der Waals surface area (Å²) < 4.78 is 26.6. The molecule has 2 N–H and O–H groups in total. The molecule has 0 spiro atoms. The zero-order chi connectivity index (χ0) is 17.7. The van der Waals surface area contributed by atoms with Gasteiger partial charge in [0.05, 0.1) is 4.90 Å². The van der Waals surface area contributed by atoms with E-state index in [1.807, 2.05) is 13.8 Å². The first kappa shape index (κ1) is 18.3. The molecule has 132 valence electrons. The molecule has 0 bridgehead atoms. The maximum absolute atomic E-state index is 12.2. The van der Waals surface area contributed by atoms with E-state index in [2.05, 4.69) is 10.0 Å². The standard InChI is InChI=1S/C16H23N3O4S/c1-3-17-15(20)13-8-10-19(11-9-13)16(21)18-24(22,23)14-6-4-12(2)5-7-14/h4-7,13H,3,8-11H2,1-2H3,(H,17,20)(H,18,21). The predicted octanol–water partition coefficient (Wildman–Crippen LogP) is 1.24. The van der Waals surface area contributed by atoms with Gasteiger partial charge in [-0.15, -0.1) is 0 Å². The number of nitrogens with zero attached hydrogens (tertiary/aromatic N) is 1. The van der Waals surface area contributed by atoms with Gasteiger partial charge < -0.3 is 10.2 Å². The highest BCUT2D eigenvalue weighted by molar-refractivity contribution is 7.90. The van der Waals surface area contributed by atoms with Gasteiger partial charge in [-0.3, -0.25) is 4.79 Å². The van der Waals surface area contributed by atoms with Crippen molar-refractivity contribution < 1.29 is 18.0 Å². The molecule has 24 heavy (non-hydrogen) atoms. The molecule has 1 aromatic carbocycles. The summed E-state index contributed by atoms with van der Waals surface area (Å²) in [6.07, 6.45) is 1.06. The number of hydrogen-bond donors (Lipinski definition) is 2. The first-order valence-electron chi connectivity index (χ1n) is 7.99. The van der Waals surface area contributed by atoms with Crippen LogP contribution in [0.25, 0.3) is 0 Å². The lowest BCUT2D eigenvalue weighted by Gasteiger charge is -2.31. The quantitative estimate of drug-likeness (QED) is 0.851. The van der Waals surface area contributed by atoms with Crippen molar-refractivity contribution >= 4 is 22.0 Å². The first-order chi connectivity index (χ1) is 11.3. The minimum Gasteiger partial charge on any atom is -0.356 e. The van der Waals surface area contributed by atoms with Crippen LogP contribution in [0.1, 0.15) is 25.3 Å². The molecular weight excluding hydrogens is 330 g/mol. The van der Waals surface area contributed by atoms with E-state index in [1.165, 1.54) is 17.0 Å². The van der Waals surface area contributed by atoms with Crippen LogP contribution >= 0.6 is 0 Å². The lowest BCUT2D eigenvalue weighted by Crippen LogP contribution is -2.48. The average Bonchev–Trinajstić information content (AvgIpc) is 2.55. The van der Waals surface area contributed by atoms with E-state index >= 15 is 0 Å². The van der Waals surface area contributed by atoms with Crippen molar-refractivity contribution in [3.63, 3.8) is 0 Å². The molecule has 1 heterocycles. The third-order valence-corrected chi connectivity index (χ3v) is 5.39. The second kappa shape index (κ2) is 7.65. The molecule has 1 aromatic rings. The van der Waals surface area contributed by atoms with Crippen molar-refractivity contribution in [2.75, 3.05) is 19.6 Å². The molecule has 1 aliphatic rings. The largest absolute Gasteiger partial charge is 0.356 e. The molecule has 0 aromatic heterocycles. The van der Waals surface area contributed by atoms with Crippen LogP contribution in [0, 0.1) is 12.8 Å². The number of urea groups is 1. The molecule has 0 unspecified atom stereocenters. The van der Waals surface area contributed by atoms with Crippen molar-refractivity contribution in [2.24, 2.45) is 5.92 Å². The number of aryl methyl sites for hydroxylation is 1. The second-order valence-corrected chi connectivity index (χ2v) is 7.56. The minimum atomic E-state index is -3.88. The Bertz CT molecular complexity index is 693. The van der Waals surface area contributed by atoms with Gasteiger partial charge in [0.25, 0.3) is 10.0 Å². The Morgan fingerprint density at radius 3 is 2.29 bits per heavy atom. The van der Waals surface area contributed by atoms with Crippen LogP contribution < -0.4 is 10.0 Å². The summed E-state index contributed by atoms with van der Waals surface area (Å²) in [6, 6.07) is 5.64. The summed E-state index contributed by atoms with van der Waals surface area (Å²) in [7, 11) is -3.88. The maximum Gasteiger partial charge on any atom is 0.331 e. The van der Waals surface area contributed by atoms with Gasteiger partial charge in [-0.25, -0.2) is 17.9 Å². The van der Waals surface area contributed by atoms with Crippen molar-refractivity contribution in [2.45, 2.75) is 31.6 Å². The average molecular weight is 353 g/mol. The molecule has 0 aliphatic carbocycles. The fraction of sp³-hybridized carbons (Fsp3) is 0.500. The number of piperidine rings is 1. The number of nitrogens with one attached hydrogen (secondary N) is 2. The van der Waals surface area contributed by atoms with E-state index in [0.717, 1.165) is 5.56 Å². The second-order valence-electron chi connectivity index (χ2n) is 5.88. The van der Waals surface area contributed by atoms with E-state index in [0.29, 0.717) is 32.5 Å². The van der Waals surface area contributed by atoms with Gasteiger partial charge in [0.15, 0.2) is 0 Å². The molecule has 0 atom stereocenters. The van der Waals surface area contributed by atoms with Gasteiger partial charge in [0.1, 0.15) is 0 Å². The normalized spacial score (nSPS) is 15.8. The molecule has 7 nitrogen and oxygen atoms in total. The van der Waals surface area contributed by atoms with Gasteiger partial charge in [0.2, 0.25) is 5.91 Å². The van der Waals surface area contributed by atoms with Crippen LogP contribution in [-0.2, 0) is 14.8 Å². The molecule has 1 aliphatic heterocycles. The molecule has 2 rings (SSSR count). The lowest BCUT2D eigenvalue weighted by molar-refractivity contribution is -0.126. The van der Waals surface area contributed by atoms with Crippen LogP contribution in [0.4, 0.5) is 4.79 Å². The Labute approximate surface area is 142 Å². The number of benzene rings is 1. The highest BCUT2D eigenvalue weighted by Crippen LogP contribution is 2.18. The Balaban J connectivity index is 1.94. The van der Waals surface area contributed by atoms with Crippen molar-refractivity contribution in [1.82, 2.24) is 14.9 Å². The molecule has 8 heteroatoms. The van der Waals surface area contributed by atoms with Crippen molar-refractivity contribution in [1.29, 1.82) is 0 Å². The van der Waals surface area contributed by atoms with Gasteiger partial charge in [0, 0.05) is 25.6 Å². The molecule has 0 saturated carbocycles. The summed E-state index contributed by atoms with van der Waals surface area (Å²) in [6.45, 7) is 5.01. The summed E-state index contributed by atoms with van der Waals surface area (Å²) >= 11 is 0. The number of carbonyl (C=O) groups is 2. The number of sulfonamides is 1. The van der Waals surface area contributed by atoms with Crippen LogP contribution in [0.15, 0.2) is 29.2 Å². The summed E-state index contributed by atoms with van der Waals surface area (Å²) in [5.41, 5.74) is 0.938. The molecule has 0 radical (unpaired) electrons. The van der Waals surface area contributed by atoms with E-state index in [9.17, 15) is 18.0 Å². The third-order valence-electron chi connectivity index (χ3n) is 4.06. The number of hydrogen-bond acceptors (Lipinski definition) is 4. The predicted molar refractivity (Wildman–Crippen MR) is 89.9 cm³/mol. The summed E-state index contributed by atoms with van der Waals surface area (Å²) in [5.74, 6) is -0.132. The van der Waals surface area contributed by atoms with E-state index in [-0.39, 0.29) is 16.7 Å². The smallest absolute Gasteiger partial charge is 0.331 e. The lowest BCUT2D eigenvalue weighted by atomic mass is 9.96. The van der Waals surface area contributed by atoms with Crippen LogP contribution in [0.3, 0.4) is 0 Å². The Morgan fingerprint density at radius 1 is 1.17 bits per heavy atom. The highest BCUT2D eigenvalue weighted by atomic mass is 32.2. The minimum absolute atomic E-state index is 0.00941. The number of likely N-dealkylation sites (tertiary alicyclic amines) is 1. The number of amides is 3. The van der Waals surface area contributed by atoms with Crippen LogP contribution in [0.5, 0.6) is 0 Å². The van der Waals surface area contributed by atoms with Crippen molar-refractivity contribution in [3.8, 4) is 0 Å². The molecular formula is C16H23N3O4S. The number of rotatable bonds is 4. The zero-order valence-electron chi connectivity index (χ0n) is 13.9. The highest BCUT2D eigenvalue weighted by Gasteiger charge is 2.29. The number of carbonyl (C=O) groups excluding carboxylic acids is 2. The monoisotopic (exact) mass is 353 g/mol. The van der Waals surface area contributed by atoms with E-state index < -0.39 is 16.1 Å². The van der Waals surface area contributed by atoms with Gasteiger partial charge >= 0.3 is 6.03 Å². The van der Waals surface area contributed by atoms with Crippen LogP contribution in [-0.4, -0.2) is 44.9 Å². The van der Waals surface area contributed by atoms with Gasteiger partial charge in [-0.1, -0.05) is 17.7 Å². The zero-order valence-corrected chi connectivity index (χ0v) is 14.7. The SMILES string of the molecule is CCNC(=O)C1CCN(C(=O)NS(=O)(=O)c2ccc(C)cc2)CC1. The van der Waals surface area contributed by atoms with Gasteiger partial charge in [-0.05, 0) is 38.8 Å². The topological polar surface area (TPSA) is 95.6 Å². The van der Waals surface area contributed by atoms with E-state index in [1.54, 1.807) is 12.1 Å². The van der Waals surface area contributed by atoms with Crippen molar-refractivity contribution in [3.05, 3.63) is 29.8 Å². The van der Waals surface area contributed by atoms with E-state index in [4.69, 9.17) is 0 Å². The first-order valence-corrected chi connectivity index (χ1v) is 9.48. The summed E-state index contributed by atoms with van der Waals surface area (Å²) in [4.78, 5) is 25.5. The Kier molecular flexibility index (Phi) is 5.82.